The van der Waals surface area contributed by atoms with E-state index in [1.807, 2.05) is 18.2 Å². The molecule has 2 aromatic rings. The van der Waals surface area contributed by atoms with Crippen LogP contribution in [0.4, 0.5) is 16.2 Å². The van der Waals surface area contributed by atoms with Crippen LogP contribution in [0.25, 0.3) is 6.08 Å². The Bertz CT molecular complexity index is 940. The molecule has 0 saturated carbocycles. The van der Waals surface area contributed by atoms with E-state index in [1.54, 1.807) is 32.4 Å². The number of fused-ring (bicyclic) bond motifs is 1. The van der Waals surface area contributed by atoms with Crippen molar-refractivity contribution in [2.45, 2.75) is 12.5 Å². The van der Waals surface area contributed by atoms with E-state index < -0.39 is 11.0 Å². The molecule has 0 N–H and O–H groups in total. The summed E-state index contributed by atoms with van der Waals surface area (Å²) in [6.45, 7) is 0. The fourth-order valence-corrected chi connectivity index (χ4v) is 3.23. The molecule has 1 amide bonds. The number of nitrogens with zero attached hydrogens (tertiary/aromatic N) is 2. The number of nitro groups is 1. The molecule has 0 aliphatic carbocycles. The lowest BCUT2D eigenvalue weighted by molar-refractivity contribution is -0.384. The van der Waals surface area contributed by atoms with E-state index >= 15 is 0 Å². The average Bonchev–Trinajstić information content (AvgIpc) is 2.72. The Kier molecular flexibility index (Phi) is 5.49. The summed E-state index contributed by atoms with van der Waals surface area (Å²) in [4.78, 5) is 24.5. The largest absolute Gasteiger partial charge is 0.493 e. The monoisotopic (exact) mass is 384 g/mol. The second kappa shape index (κ2) is 7.99. The SMILES string of the molecule is COC(=O)N1c2ccc([N+](=O)[O-])cc2C=CC1Cc1ccc(OC)c(OC)c1. The van der Waals surface area contributed by atoms with Gasteiger partial charge in [0, 0.05) is 17.7 Å². The first-order valence-corrected chi connectivity index (χ1v) is 8.53. The number of nitro benzene ring substituents is 1. The maximum Gasteiger partial charge on any atom is 0.414 e. The van der Waals surface area contributed by atoms with E-state index in [4.69, 9.17) is 14.2 Å². The van der Waals surface area contributed by atoms with E-state index in [1.165, 1.54) is 24.1 Å². The minimum atomic E-state index is -0.537. The van der Waals surface area contributed by atoms with Gasteiger partial charge in [-0.15, -0.1) is 0 Å². The van der Waals surface area contributed by atoms with Crippen molar-refractivity contribution in [1.82, 2.24) is 0 Å². The Morgan fingerprint density at radius 2 is 1.86 bits per heavy atom. The topological polar surface area (TPSA) is 91.1 Å². The molecule has 1 heterocycles. The zero-order valence-electron chi connectivity index (χ0n) is 15.7. The van der Waals surface area contributed by atoms with Gasteiger partial charge in [-0.2, -0.15) is 0 Å². The van der Waals surface area contributed by atoms with E-state index in [0.29, 0.717) is 29.2 Å². The third-order valence-corrected chi connectivity index (χ3v) is 4.58. The van der Waals surface area contributed by atoms with E-state index in [0.717, 1.165) is 5.56 Å². The van der Waals surface area contributed by atoms with Gasteiger partial charge in [-0.25, -0.2) is 4.79 Å². The number of methoxy groups -OCH3 is 3. The van der Waals surface area contributed by atoms with Crippen LogP contribution in [0.15, 0.2) is 42.5 Å². The minimum Gasteiger partial charge on any atom is -0.493 e. The molecule has 0 fully saturated rings. The molecular formula is C20H20N2O6. The number of anilines is 1. The molecule has 1 unspecified atom stereocenters. The Morgan fingerprint density at radius 1 is 1.11 bits per heavy atom. The van der Waals surface area contributed by atoms with Gasteiger partial charge in [0.05, 0.1) is 38.0 Å². The van der Waals surface area contributed by atoms with Crippen molar-refractivity contribution >= 4 is 23.5 Å². The summed E-state index contributed by atoms with van der Waals surface area (Å²) in [5.41, 5.74) is 2.05. The zero-order chi connectivity index (χ0) is 20.3. The highest BCUT2D eigenvalue weighted by molar-refractivity contribution is 5.94. The van der Waals surface area contributed by atoms with Gasteiger partial charge in [-0.1, -0.05) is 18.2 Å². The van der Waals surface area contributed by atoms with Crippen LogP contribution in [0.3, 0.4) is 0 Å². The van der Waals surface area contributed by atoms with Crippen molar-refractivity contribution in [3.63, 3.8) is 0 Å². The third kappa shape index (κ3) is 3.62. The highest BCUT2D eigenvalue weighted by atomic mass is 16.6. The average molecular weight is 384 g/mol. The van der Waals surface area contributed by atoms with Gasteiger partial charge in [-0.3, -0.25) is 15.0 Å². The second-order valence-electron chi connectivity index (χ2n) is 6.16. The number of hydrogen-bond acceptors (Lipinski definition) is 6. The second-order valence-corrected chi connectivity index (χ2v) is 6.16. The van der Waals surface area contributed by atoms with Crippen LogP contribution < -0.4 is 14.4 Å². The number of rotatable bonds is 5. The molecule has 1 aliphatic rings. The summed E-state index contributed by atoms with van der Waals surface area (Å²) in [6, 6.07) is 9.62. The normalized spacial score (nSPS) is 15.0. The fourth-order valence-electron chi connectivity index (χ4n) is 3.23. The van der Waals surface area contributed by atoms with Crippen LogP contribution in [-0.4, -0.2) is 38.4 Å². The van der Waals surface area contributed by atoms with Gasteiger partial charge in [0.2, 0.25) is 0 Å². The van der Waals surface area contributed by atoms with Crippen molar-refractivity contribution in [3.8, 4) is 11.5 Å². The smallest absolute Gasteiger partial charge is 0.414 e. The van der Waals surface area contributed by atoms with Crippen molar-refractivity contribution in [2.75, 3.05) is 26.2 Å². The van der Waals surface area contributed by atoms with Crippen LogP contribution in [0, 0.1) is 10.1 Å². The quantitative estimate of drug-likeness (QED) is 0.575. The summed E-state index contributed by atoms with van der Waals surface area (Å²) in [6.07, 6.45) is 3.58. The van der Waals surface area contributed by atoms with Crippen LogP contribution in [0.5, 0.6) is 11.5 Å². The number of carbonyl (C=O) groups excluding carboxylic acids is 1. The fraction of sp³-hybridized carbons (Fsp3) is 0.250. The Labute approximate surface area is 162 Å². The molecule has 0 aromatic heterocycles. The first-order valence-electron chi connectivity index (χ1n) is 8.53. The van der Waals surface area contributed by atoms with Crippen LogP contribution in [0.2, 0.25) is 0 Å². The lowest BCUT2D eigenvalue weighted by Crippen LogP contribution is -2.42. The molecular weight excluding hydrogens is 364 g/mol. The van der Waals surface area contributed by atoms with Crippen molar-refractivity contribution in [1.29, 1.82) is 0 Å². The minimum absolute atomic E-state index is 0.0356. The van der Waals surface area contributed by atoms with Gasteiger partial charge in [0.15, 0.2) is 11.5 Å². The zero-order valence-corrected chi connectivity index (χ0v) is 15.7. The lowest BCUT2D eigenvalue weighted by Gasteiger charge is -2.32. The Hall–Kier alpha value is -3.55. The van der Waals surface area contributed by atoms with E-state index in [-0.39, 0.29) is 11.7 Å². The van der Waals surface area contributed by atoms with E-state index in [2.05, 4.69) is 0 Å². The van der Waals surface area contributed by atoms with E-state index in [9.17, 15) is 14.9 Å². The highest BCUT2D eigenvalue weighted by Crippen LogP contribution is 2.34. The first kappa shape index (κ1) is 19.2. The summed E-state index contributed by atoms with van der Waals surface area (Å²) >= 11 is 0. The predicted octanol–water partition coefficient (Wildman–Crippen LogP) is 3.82. The maximum atomic E-state index is 12.5. The van der Waals surface area contributed by atoms with Crippen molar-refractivity contribution in [2.24, 2.45) is 0 Å². The summed E-state index contributed by atoms with van der Waals surface area (Å²) < 4.78 is 15.5. The van der Waals surface area contributed by atoms with Crippen molar-refractivity contribution < 1.29 is 23.9 Å². The molecule has 0 saturated heterocycles. The molecule has 8 heteroatoms. The summed E-state index contributed by atoms with van der Waals surface area (Å²) in [7, 11) is 4.43. The standard InChI is InChI=1S/C20H20N2O6/c1-26-18-9-4-13(11-19(18)27-2)10-15-6-5-14-12-16(22(24)25)7-8-17(14)21(15)20(23)28-3/h4-9,11-12,15H,10H2,1-3H3. The molecule has 0 spiro atoms. The summed E-state index contributed by atoms with van der Waals surface area (Å²) in [5, 5.41) is 11.0. The van der Waals surface area contributed by atoms with Crippen LogP contribution >= 0.6 is 0 Å². The number of carbonyl (C=O) groups is 1. The predicted molar refractivity (Wildman–Crippen MR) is 104 cm³/mol. The van der Waals surface area contributed by atoms with Crippen molar-refractivity contribution in [3.05, 3.63) is 63.7 Å². The van der Waals surface area contributed by atoms with Gasteiger partial charge in [0.25, 0.3) is 5.69 Å². The molecule has 2 aromatic carbocycles. The molecule has 0 bridgehead atoms. The van der Waals surface area contributed by atoms with Crippen LogP contribution in [-0.2, 0) is 11.2 Å². The Balaban J connectivity index is 1.96. The maximum absolute atomic E-state index is 12.5. The lowest BCUT2D eigenvalue weighted by atomic mass is 9.97. The highest BCUT2D eigenvalue weighted by Gasteiger charge is 2.30. The molecule has 3 rings (SSSR count). The molecule has 1 aliphatic heterocycles. The van der Waals surface area contributed by atoms with Gasteiger partial charge < -0.3 is 14.2 Å². The number of hydrogen-bond donors (Lipinski definition) is 0. The third-order valence-electron chi connectivity index (χ3n) is 4.58. The van der Waals surface area contributed by atoms with Crippen LogP contribution in [0.1, 0.15) is 11.1 Å². The molecule has 1 atom stereocenters. The van der Waals surface area contributed by atoms with Gasteiger partial charge >= 0.3 is 6.09 Å². The Morgan fingerprint density at radius 3 is 2.50 bits per heavy atom. The van der Waals surface area contributed by atoms with Gasteiger partial charge in [-0.05, 0) is 30.2 Å². The number of amides is 1. The molecule has 8 nitrogen and oxygen atoms in total. The molecule has 28 heavy (non-hydrogen) atoms. The molecule has 146 valence electrons. The number of ether oxygens (including phenoxy) is 3. The summed E-state index contributed by atoms with van der Waals surface area (Å²) in [5.74, 6) is 1.22. The number of non-ortho nitro benzene ring substituents is 1. The first-order chi connectivity index (χ1) is 13.5. The molecule has 0 radical (unpaired) electrons. The number of benzene rings is 2. The van der Waals surface area contributed by atoms with Gasteiger partial charge in [0.1, 0.15) is 0 Å².